The molecule has 0 unspecified atom stereocenters. The number of piperidine rings is 1. The van der Waals surface area contributed by atoms with Crippen molar-refractivity contribution in [3.8, 4) is 0 Å². The van der Waals surface area contributed by atoms with E-state index in [-0.39, 0.29) is 5.91 Å². The molecule has 1 amide bonds. The van der Waals surface area contributed by atoms with Gasteiger partial charge in [-0.3, -0.25) is 9.69 Å². The van der Waals surface area contributed by atoms with E-state index >= 15 is 0 Å². The average Bonchev–Trinajstić information content (AvgIpc) is 2.48. The Bertz CT molecular complexity index is 457. The highest BCUT2D eigenvalue weighted by molar-refractivity contribution is 5.78. The van der Waals surface area contributed by atoms with Crippen LogP contribution >= 0.6 is 0 Å². The Morgan fingerprint density at radius 3 is 2.89 bits per heavy atom. The molecule has 0 spiro atoms. The van der Waals surface area contributed by atoms with Crippen molar-refractivity contribution in [2.24, 2.45) is 0 Å². The number of fused-ring (bicyclic) bond motifs is 1. The second-order valence-corrected chi connectivity index (χ2v) is 5.40. The van der Waals surface area contributed by atoms with Crippen LogP contribution in [-0.4, -0.2) is 51.9 Å². The van der Waals surface area contributed by atoms with Gasteiger partial charge in [-0.1, -0.05) is 0 Å². The lowest BCUT2D eigenvalue weighted by Gasteiger charge is -2.31. The first kappa shape index (κ1) is 12.5. The molecule has 0 radical (unpaired) electrons. The highest BCUT2D eigenvalue weighted by Crippen LogP contribution is 2.16. The Morgan fingerprint density at radius 2 is 2.05 bits per heavy atom. The molecule has 2 aliphatic rings. The first-order valence-electron chi connectivity index (χ1n) is 7.11. The van der Waals surface area contributed by atoms with Crippen LogP contribution < -0.4 is 0 Å². The van der Waals surface area contributed by atoms with Crippen LogP contribution in [0.5, 0.6) is 0 Å². The van der Waals surface area contributed by atoms with Crippen LogP contribution in [0.25, 0.3) is 0 Å². The Kier molecular flexibility index (Phi) is 3.73. The van der Waals surface area contributed by atoms with Gasteiger partial charge in [0.1, 0.15) is 6.33 Å². The molecule has 5 nitrogen and oxygen atoms in total. The van der Waals surface area contributed by atoms with Crippen LogP contribution in [-0.2, 0) is 17.8 Å². The number of rotatable bonds is 2. The molecular formula is C14H20N4O. The fraction of sp³-hybridized carbons (Fsp3) is 0.643. The fourth-order valence-corrected chi connectivity index (χ4v) is 2.89. The van der Waals surface area contributed by atoms with Gasteiger partial charge in [0.05, 0.1) is 6.54 Å². The first-order chi connectivity index (χ1) is 9.33. The summed E-state index contributed by atoms with van der Waals surface area (Å²) in [5.74, 6) is 0.278. The van der Waals surface area contributed by atoms with E-state index in [4.69, 9.17) is 0 Å². The van der Waals surface area contributed by atoms with Crippen LogP contribution in [0.4, 0.5) is 0 Å². The molecule has 3 heterocycles. The standard InChI is InChI=1S/C14H20N4O/c19-14(18-5-2-1-3-6-18)10-17-7-4-13-12(9-17)8-15-11-16-13/h8,11H,1-7,9-10H2. The number of nitrogens with zero attached hydrogens (tertiary/aromatic N) is 4. The van der Waals surface area contributed by atoms with Crippen molar-refractivity contribution in [1.29, 1.82) is 0 Å². The maximum Gasteiger partial charge on any atom is 0.236 e. The van der Waals surface area contributed by atoms with Gasteiger partial charge in [0.2, 0.25) is 5.91 Å². The third-order valence-corrected chi connectivity index (χ3v) is 4.01. The number of hydrogen-bond acceptors (Lipinski definition) is 4. The van der Waals surface area contributed by atoms with Gasteiger partial charge >= 0.3 is 0 Å². The summed E-state index contributed by atoms with van der Waals surface area (Å²) in [6.07, 6.45) is 7.97. The zero-order chi connectivity index (χ0) is 13.1. The summed E-state index contributed by atoms with van der Waals surface area (Å²) in [5, 5.41) is 0. The molecule has 1 fully saturated rings. The van der Waals surface area contributed by atoms with E-state index in [1.165, 1.54) is 12.0 Å². The molecule has 1 aromatic heterocycles. The Labute approximate surface area is 113 Å². The quantitative estimate of drug-likeness (QED) is 0.791. The molecule has 0 N–H and O–H groups in total. The predicted octanol–water partition coefficient (Wildman–Crippen LogP) is 0.847. The van der Waals surface area contributed by atoms with Crippen LogP contribution in [0.15, 0.2) is 12.5 Å². The van der Waals surface area contributed by atoms with Crippen molar-refractivity contribution in [2.75, 3.05) is 26.2 Å². The summed E-state index contributed by atoms with van der Waals surface area (Å²) in [7, 11) is 0. The third kappa shape index (κ3) is 2.92. The van der Waals surface area contributed by atoms with Gasteiger partial charge in [-0.15, -0.1) is 0 Å². The lowest BCUT2D eigenvalue weighted by molar-refractivity contribution is -0.133. The van der Waals surface area contributed by atoms with Crippen LogP contribution in [0, 0.1) is 0 Å². The number of likely N-dealkylation sites (tertiary alicyclic amines) is 1. The van der Waals surface area contributed by atoms with Gasteiger partial charge in [0.25, 0.3) is 0 Å². The molecule has 0 aromatic carbocycles. The zero-order valence-electron chi connectivity index (χ0n) is 11.2. The molecule has 102 valence electrons. The van der Waals surface area contributed by atoms with Gasteiger partial charge in [0.15, 0.2) is 0 Å². The molecule has 0 aliphatic carbocycles. The zero-order valence-corrected chi connectivity index (χ0v) is 11.2. The van der Waals surface area contributed by atoms with E-state index in [0.717, 1.165) is 51.1 Å². The number of hydrogen-bond donors (Lipinski definition) is 0. The second kappa shape index (κ2) is 5.65. The summed E-state index contributed by atoms with van der Waals surface area (Å²) in [5.41, 5.74) is 2.30. The highest BCUT2D eigenvalue weighted by atomic mass is 16.2. The maximum atomic E-state index is 12.2. The second-order valence-electron chi connectivity index (χ2n) is 5.40. The van der Waals surface area contributed by atoms with E-state index in [1.807, 2.05) is 11.1 Å². The molecule has 3 rings (SSSR count). The molecule has 0 atom stereocenters. The summed E-state index contributed by atoms with van der Waals surface area (Å²) >= 11 is 0. The van der Waals surface area contributed by atoms with Gasteiger partial charge in [-0.2, -0.15) is 0 Å². The van der Waals surface area contributed by atoms with Crippen molar-refractivity contribution >= 4 is 5.91 Å². The third-order valence-electron chi connectivity index (χ3n) is 4.01. The summed E-state index contributed by atoms with van der Waals surface area (Å²) in [6.45, 7) is 4.13. The molecule has 0 bridgehead atoms. The van der Waals surface area contributed by atoms with Crippen LogP contribution in [0.1, 0.15) is 30.5 Å². The lowest BCUT2D eigenvalue weighted by atomic mass is 10.1. The van der Waals surface area contributed by atoms with Crippen molar-refractivity contribution in [3.63, 3.8) is 0 Å². The first-order valence-corrected chi connectivity index (χ1v) is 7.11. The minimum absolute atomic E-state index is 0.278. The smallest absolute Gasteiger partial charge is 0.236 e. The number of aromatic nitrogens is 2. The minimum atomic E-state index is 0.278. The van der Waals surface area contributed by atoms with Crippen LogP contribution in [0.3, 0.4) is 0 Å². The normalized spacial score (nSPS) is 20.1. The van der Waals surface area contributed by atoms with E-state index < -0.39 is 0 Å². The van der Waals surface area contributed by atoms with E-state index in [2.05, 4.69) is 14.9 Å². The van der Waals surface area contributed by atoms with E-state index in [1.54, 1.807) is 6.33 Å². The summed E-state index contributed by atoms with van der Waals surface area (Å²) < 4.78 is 0. The number of carbonyl (C=O) groups excluding carboxylic acids is 1. The highest BCUT2D eigenvalue weighted by Gasteiger charge is 2.22. The van der Waals surface area contributed by atoms with Crippen molar-refractivity contribution < 1.29 is 4.79 Å². The average molecular weight is 260 g/mol. The predicted molar refractivity (Wildman–Crippen MR) is 71.4 cm³/mol. The molecule has 2 aliphatic heterocycles. The van der Waals surface area contributed by atoms with E-state index in [0.29, 0.717) is 6.54 Å². The van der Waals surface area contributed by atoms with Crippen molar-refractivity contribution in [3.05, 3.63) is 23.8 Å². The summed E-state index contributed by atoms with van der Waals surface area (Å²) in [4.78, 5) is 24.8. The van der Waals surface area contributed by atoms with Gasteiger partial charge in [0, 0.05) is 50.1 Å². The van der Waals surface area contributed by atoms with Crippen molar-refractivity contribution in [2.45, 2.75) is 32.2 Å². The topological polar surface area (TPSA) is 49.3 Å². The Morgan fingerprint density at radius 1 is 1.21 bits per heavy atom. The molecule has 0 saturated carbocycles. The molecular weight excluding hydrogens is 240 g/mol. The van der Waals surface area contributed by atoms with Gasteiger partial charge < -0.3 is 4.90 Å². The largest absolute Gasteiger partial charge is 0.342 e. The van der Waals surface area contributed by atoms with E-state index in [9.17, 15) is 4.79 Å². The summed E-state index contributed by atoms with van der Waals surface area (Å²) in [6, 6.07) is 0. The molecule has 1 saturated heterocycles. The number of carbonyl (C=O) groups is 1. The number of amides is 1. The minimum Gasteiger partial charge on any atom is -0.342 e. The van der Waals surface area contributed by atoms with Gasteiger partial charge in [-0.25, -0.2) is 9.97 Å². The Hall–Kier alpha value is -1.49. The van der Waals surface area contributed by atoms with Gasteiger partial charge in [-0.05, 0) is 19.3 Å². The monoisotopic (exact) mass is 260 g/mol. The fourth-order valence-electron chi connectivity index (χ4n) is 2.89. The molecule has 1 aromatic rings. The lowest BCUT2D eigenvalue weighted by Crippen LogP contribution is -2.44. The SMILES string of the molecule is O=C(CN1CCc2ncncc2C1)N1CCCCC1. The molecule has 19 heavy (non-hydrogen) atoms. The van der Waals surface area contributed by atoms with Crippen LogP contribution in [0.2, 0.25) is 0 Å². The maximum absolute atomic E-state index is 12.2. The Balaban J connectivity index is 1.58. The molecule has 5 heteroatoms. The van der Waals surface area contributed by atoms with Crippen molar-refractivity contribution in [1.82, 2.24) is 19.8 Å².